The average Bonchev–Trinajstić information content (AvgIpc) is 3.44. The zero-order valence-electron chi connectivity index (χ0n) is 15.4. The number of nitrogens with zero attached hydrogens (tertiary/aromatic N) is 6. The Morgan fingerprint density at radius 2 is 2.00 bits per heavy atom. The van der Waals surface area contributed by atoms with E-state index in [0.717, 1.165) is 11.3 Å². The molecule has 5 aromatic heterocycles. The largest absolute Gasteiger partial charge is 0.382 e. The molecule has 0 saturated carbocycles. The minimum Gasteiger partial charge on any atom is -0.382 e. The van der Waals surface area contributed by atoms with E-state index in [2.05, 4.69) is 30.1 Å². The second kappa shape index (κ2) is 6.99. The Hall–Kier alpha value is -3.95. The number of nitrogens with two attached hydrogens (primary N) is 1. The maximum absolute atomic E-state index is 12.4. The van der Waals surface area contributed by atoms with Crippen LogP contribution in [-0.2, 0) is 6.54 Å². The number of imidazole rings is 2. The molecule has 28 heavy (non-hydrogen) atoms. The van der Waals surface area contributed by atoms with Gasteiger partial charge in [0.15, 0.2) is 17.3 Å². The Labute approximate surface area is 159 Å². The highest BCUT2D eigenvalue weighted by Gasteiger charge is 2.16. The lowest BCUT2D eigenvalue weighted by molar-refractivity contribution is 0.762. The first-order valence-corrected chi connectivity index (χ1v) is 8.87. The lowest BCUT2D eigenvalue weighted by Gasteiger charge is -2.03. The van der Waals surface area contributed by atoms with E-state index >= 15 is 0 Å². The van der Waals surface area contributed by atoms with Gasteiger partial charge in [-0.2, -0.15) is 5.10 Å². The Balaban J connectivity index is 0.000000932. The van der Waals surface area contributed by atoms with E-state index in [9.17, 15) is 4.79 Å². The lowest BCUT2D eigenvalue weighted by Crippen LogP contribution is -2.18. The smallest absolute Gasteiger partial charge is 0.328 e. The molecule has 0 fully saturated rings. The van der Waals surface area contributed by atoms with Crippen molar-refractivity contribution in [3.05, 3.63) is 59.0 Å². The van der Waals surface area contributed by atoms with E-state index in [4.69, 9.17) is 5.73 Å². The molecule has 0 aliphatic rings. The summed E-state index contributed by atoms with van der Waals surface area (Å²) in [5.74, 6) is 0.570. The van der Waals surface area contributed by atoms with Crippen molar-refractivity contribution in [1.82, 2.24) is 39.1 Å². The van der Waals surface area contributed by atoms with E-state index in [1.807, 2.05) is 48.8 Å². The van der Waals surface area contributed by atoms with Crippen LogP contribution in [0.5, 0.6) is 0 Å². The Morgan fingerprint density at radius 1 is 1.14 bits per heavy atom. The number of aromatic amines is 2. The highest BCUT2D eigenvalue weighted by Crippen LogP contribution is 2.20. The molecule has 0 spiro atoms. The number of nitrogen functional groups attached to an aromatic ring is 1. The van der Waals surface area contributed by atoms with Crippen LogP contribution in [0.2, 0.25) is 0 Å². The van der Waals surface area contributed by atoms with Crippen LogP contribution in [0.3, 0.4) is 0 Å². The van der Waals surface area contributed by atoms with Crippen LogP contribution in [0.25, 0.3) is 28.3 Å². The monoisotopic (exact) mass is 377 g/mol. The molecule has 5 rings (SSSR count). The van der Waals surface area contributed by atoms with E-state index < -0.39 is 0 Å². The van der Waals surface area contributed by atoms with E-state index in [1.54, 1.807) is 12.3 Å². The molecule has 0 atom stereocenters. The van der Waals surface area contributed by atoms with Gasteiger partial charge < -0.3 is 15.1 Å². The Kier molecular flexibility index (Phi) is 4.36. The van der Waals surface area contributed by atoms with Crippen molar-refractivity contribution in [3.63, 3.8) is 0 Å². The number of hydrogen-bond donors (Lipinski definition) is 3. The molecule has 4 N–H and O–H groups in total. The number of pyridine rings is 1. The Morgan fingerprint density at radius 3 is 2.75 bits per heavy atom. The third-order valence-corrected chi connectivity index (χ3v) is 4.13. The first-order valence-electron chi connectivity index (χ1n) is 8.87. The fourth-order valence-electron chi connectivity index (χ4n) is 2.92. The second-order valence-electron chi connectivity index (χ2n) is 5.82. The summed E-state index contributed by atoms with van der Waals surface area (Å²) in [4.78, 5) is 28.4. The predicted octanol–water partition coefficient (Wildman–Crippen LogP) is 1.81. The molecule has 0 aliphatic heterocycles. The highest BCUT2D eigenvalue weighted by molar-refractivity contribution is 5.83. The molecule has 0 aromatic carbocycles. The van der Waals surface area contributed by atoms with Crippen LogP contribution in [0.1, 0.15) is 19.5 Å². The number of H-pyrrole nitrogens is 2. The number of fused-ring (bicyclic) bond motifs is 2. The molecular weight excluding hydrogens is 358 g/mol. The van der Waals surface area contributed by atoms with Crippen LogP contribution in [-0.4, -0.2) is 39.1 Å². The van der Waals surface area contributed by atoms with Gasteiger partial charge in [-0.1, -0.05) is 19.9 Å². The molecule has 5 aromatic rings. The quantitative estimate of drug-likeness (QED) is 0.439. The topological polar surface area (TPSA) is 136 Å². The summed E-state index contributed by atoms with van der Waals surface area (Å²) in [5, 5.41) is 6.69. The maximum atomic E-state index is 12.4. The van der Waals surface area contributed by atoms with Gasteiger partial charge in [-0.15, -0.1) is 0 Å². The van der Waals surface area contributed by atoms with Crippen molar-refractivity contribution in [2.45, 2.75) is 20.4 Å². The van der Waals surface area contributed by atoms with Crippen molar-refractivity contribution >= 4 is 22.6 Å². The molecule has 0 aliphatic carbocycles. The summed E-state index contributed by atoms with van der Waals surface area (Å²) < 4.78 is 3.39. The summed E-state index contributed by atoms with van der Waals surface area (Å²) in [6.07, 6.45) is 5.38. The third-order valence-electron chi connectivity index (χ3n) is 4.13. The fraction of sp³-hybridized carbons (Fsp3) is 0.167. The summed E-state index contributed by atoms with van der Waals surface area (Å²) in [7, 11) is 0. The van der Waals surface area contributed by atoms with Gasteiger partial charge in [0.2, 0.25) is 0 Å². The molecule has 0 unspecified atom stereocenters. The summed E-state index contributed by atoms with van der Waals surface area (Å²) in [6.45, 7) is 4.26. The lowest BCUT2D eigenvalue weighted by atomic mass is 10.4. The van der Waals surface area contributed by atoms with E-state index in [-0.39, 0.29) is 18.1 Å². The molecule has 0 bridgehead atoms. The molecule has 0 amide bonds. The second-order valence-corrected chi connectivity index (χ2v) is 5.82. The van der Waals surface area contributed by atoms with Crippen molar-refractivity contribution in [3.8, 4) is 11.5 Å². The number of hydrogen-bond acceptors (Lipinski definition) is 6. The van der Waals surface area contributed by atoms with Crippen LogP contribution >= 0.6 is 0 Å². The van der Waals surface area contributed by atoms with E-state index in [0.29, 0.717) is 22.7 Å². The molecular formula is C18H19N9O. The maximum Gasteiger partial charge on any atom is 0.328 e. The SMILES string of the molecule is CC.Nc1nc(-c2ccn[nH]2)nc2c1[nH]c(=O)n2Cc1cn2ccccc2n1. The molecule has 142 valence electrons. The first-order chi connectivity index (χ1) is 13.7. The van der Waals surface area contributed by atoms with Crippen LogP contribution < -0.4 is 11.4 Å². The van der Waals surface area contributed by atoms with Gasteiger partial charge in [-0.05, 0) is 18.2 Å². The van der Waals surface area contributed by atoms with Crippen molar-refractivity contribution in [2.24, 2.45) is 0 Å². The highest BCUT2D eigenvalue weighted by atomic mass is 16.1. The van der Waals surface area contributed by atoms with Gasteiger partial charge in [0.25, 0.3) is 0 Å². The molecule has 5 heterocycles. The van der Waals surface area contributed by atoms with Crippen LogP contribution in [0.4, 0.5) is 5.82 Å². The normalized spacial score (nSPS) is 10.9. The third kappa shape index (κ3) is 2.90. The average molecular weight is 377 g/mol. The summed E-state index contributed by atoms with van der Waals surface area (Å²) >= 11 is 0. The number of rotatable bonds is 3. The molecule has 10 nitrogen and oxygen atoms in total. The van der Waals surface area contributed by atoms with Gasteiger partial charge in [0, 0.05) is 18.6 Å². The number of nitrogens with one attached hydrogen (secondary N) is 2. The zero-order chi connectivity index (χ0) is 19.7. The van der Waals surface area contributed by atoms with Gasteiger partial charge in [-0.25, -0.2) is 19.7 Å². The van der Waals surface area contributed by atoms with Gasteiger partial charge >= 0.3 is 5.69 Å². The minimum atomic E-state index is -0.320. The number of anilines is 1. The first kappa shape index (κ1) is 17.5. The van der Waals surface area contributed by atoms with Crippen molar-refractivity contribution in [2.75, 3.05) is 5.73 Å². The summed E-state index contributed by atoms with van der Waals surface area (Å²) in [5.41, 5.74) is 8.68. The number of aromatic nitrogens is 8. The van der Waals surface area contributed by atoms with Crippen LogP contribution in [0, 0.1) is 0 Å². The molecule has 10 heteroatoms. The van der Waals surface area contributed by atoms with Gasteiger partial charge in [0.05, 0.1) is 12.2 Å². The van der Waals surface area contributed by atoms with Crippen molar-refractivity contribution < 1.29 is 0 Å². The fourth-order valence-corrected chi connectivity index (χ4v) is 2.92. The molecule has 0 radical (unpaired) electrons. The van der Waals surface area contributed by atoms with E-state index in [1.165, 1.54) is 4.57 Å². The standard InChI is InChI=1S/C16H13N9O.C2H6/c17-13-12-15(22-14(21-13)10-4-5-18-23-10)25(16(26)20-12)8-9-7-24-6-2-1-3-11(24)19-9;1-2/h1-7H,8H2,(H,18,23)(H,20,26)(H2,17,21,22);1-2H3. The van der Waals surface area contributed by atoms with Gasteiger partial charge in [-0.3, -0.25) is 9.67 Å². The minimum absolute atomic E-state index is 0.199. The van der Waals surface area contributed by atoms with Crippen LogP contribution in [0.15, 0.2) is 47.7 Å². The van der Waals surface area contributed by atoms with Crippen molar-refractivity contribution in [1.29, 1.82) is 0 Å². The van der Waals surface area contributed by atoms with Gasteiger partial charge in [0.1, 0.15) is 16.9 Å². The Bertz CT molecular complexity index is 1260. The summed E-state index contributed by atoms with van der Waals surface area (Å²) in [6, 6.07) is 7.46. The molecule has 0 saturated heterocycles. The predicted molar refractivity (Wildman–Crippen MR) is 106 cm³/mol. The zero-order valence-corrected chi connectivity index (χ0v) is 15.4.